The Morgan fingerprint density at radius 1 is 1.08 bits per heavy atom. The minimum absolute atomic E-state index is 0.214. The molecule has 0 N–H and O–H groups in total. The summed E-state index contributed by atoms with van der Waals surface area (Å²) in [4.78, 5) is 36.8. The van der Waals surface area contributed by atoms with E-state index in [2.05, 4.69) is 0 Å². The van der Waals surface area contributed by atoms with E-state index in [-0.39, 0.29) is 22.5 Å². The maximum Gasteiger partial charge on any atom is 0.375 e. The van der Waals surface area contributed by atoms with Crippen molar-refractivity contribution in [2.45, 2.75) is 20.0 Å². The van der Waals surface area contributed by atoms with E-state index in [1.165, 1.54) is 19.1 Å². The normalized spacial score (nSPS) is 12.0. The average molecular weight is 371 g/mol. The van der Waals surface area contributed by atoms with Crippen molar-refractivity contribution in [3.05, 3.63) is 80.7 Å². The molecule has 2 aromatic carbocycles. The molecule has 0 aliphatic rings. The van der Waals surface area contributed by atoms with Gasteiger partial charge in [0, 0.05) is 16.7 Å². The summed E-state index contributed by atoms with van der Waals surface area (Å²) < 4.78 is 10.6. The van der Waals surface area contributed by atoms with E-state index in [1.807, 2.05) is 6.92 Å². The average Bonchev–Trinajstić information content (AvgIpc) is 2.62. The van der Waals surface area contributed by atoms with Crippen molar-refractivity contribution in [2.75, 3.05) is 0 Å². The van der Waals surface area contributed by atoms with Crippen LogP contribution in [0.15, 0.2) is 57.7 Å². The highest BCUT2D eigenvalue weighted by Gasteiger charge is 2.22. The van der Waals surface area contributed by atoms with E-state index < -0.39 is 17.5 Å². The Balaban J connectivity index is 1.82. The predicted molar refractivity (Wildman–Crippen MR) is 97.9 cm³/mol. The predicted octanol–water partition coefficient (Wildman–Crippen LogP) is 4.18. The number of Topliss-reactive ketones (excluding diaryl/α,β-unsaturated/α-hetero) is 1. The molecule has 0 aliphatic carbocycles. The number of benzene rings is 2. The van der Waals surface area contributed by atoms with Gasteiger partial charge in [-0.3, -0.25) is 9.59 Å². The second-order valence-electron chi connectivity index (χ2n) is 5.89. The number of halogens is 1. The molecule has 0 fully saturated rings. The van der Waals surface area contributed by atoms with Crippen LogP contribution in [0, 0.1) is 6.92 Å². The number of fused-ring (bicyclic) bond motifs is 1. The van der Waals surface area contributed by atoms with Gasteiger partial charge in [0.15, 0.2) is 11.5 Å². The monoisotopic (exact) mass is 370 g/mol. The van der Waals surface area contributed by atoms with Gasteiger partial charge < -0.3 is 9.15 Å². The van der Waals surface area contributed by atoms with Crippen LogP contribution in [-0.4, -0.2) is 17.9 Å². The van der Waals surface area contributed by atoms with Gasteiger partial charge in [-0.1, -0.05) is 41.4 Å². The molecule has 1 aromatic heterocycles. The number of carbonyl (C=O) groups excluding carboxylic acids is 2. The van der Waals surface area contributed by atoms with E-state index in [1.54, 1.807) is 30.3 Å². The van der Waals surface area contributed by atoms with E-state index in [4.69, 9.17) is 20.8 Å². The third-order valence-electron chi connectivity index (χ3n) is 3.88. The van der Waals surface area contributed by atoms with Gasteiger partial charge in [0.05, 0.1) is 5.39 Å². The van der Waals surface area contributed by atoms with Gasteiger partial charge in [-0.2, -0.15) is 0 Å². The van der Waals surface area contributed by atoms with Gasteiger partial charge in [0.1, 0.15) is 5.58 Å². The van der Waals surface area contributed by atoms with Crippen LogP contribution < -0.4 is 5.43 Å². The molecule has 1 atom stereocenters. The molecule has 0 aliphatic heterocycles. The van der Waals surface area contributed by atoms with Crippen molar-refractivity contribution < 1.29 is 18.7 Å². The van der Waals surface area contributed by atoms with Crippen LogP contribution in [0.1, 0.15) is 33.4 Å². The maximum atomic E-state index is 12.4. The molecule has 1 heterocycles. The lowest BCUT2D eigenvalue weighted by Crippen LogP contribution is -2.25. The lowest BCUT2D eigenvalue weighted by atomic mass is 10.1. The molecule has 0 unspecified atom stereocenters. The first-order valence-corrected chi connectivity index (χ1v) is 8.28. The van der Waals surface area contributed by atoms with Crippen LogP contribution in [-0.2, 0) is 4.74 Å². The molecule has 0 bridgehead atoms. The van der Waals surface area contributed by atoms with Gasteiger partial charge in [-0.05, 0) is 32.0 Å². The largest absolute Gasteiger partial charge is 0.449 e. The van der Waals surface area contributed by atoms with Gasteiger partial charge in [0.2, 0.25) is 11.5 Å². The molecule has 5 nitrogen and oxygen atoms in total. The van der Waals surface area contributed by atoms with E-state index >= 15 is 0 Å². The van der Waals surface area contributed by atoms with Crippen LogP contribution in [0.3, 0.4) is 0 Å². The van der Waals surface area contributed by atoms with Crippen molar-refractivity contribution in [2.24, 2.45) is 0 Å². The molecule has 0 spiro atoms. The summed E-state index contributed by atoms with van der Waals surface area (Å²) >= 11 is 5.85. The van der Waals surface area contributed by atoms with Crippen LogP contribution in [0.25, 0.3) is 11.0 Å². The number of ether oxygens (including phenoxy) is 1. The number of carbonyl (C=O) groups is 2. The number of aryl methyl sites for hydroxylation is 1. The number of hydrogen-bond donors (Lipinski definition) is 0. The summed E-state index contributed by atoms with van der Waals surface area (Å²) in [6.45, 7) is 3.38. The van der Waals surface area contributed by atoms with Crippen LogP contribution in [0.5, 0.6) is 0 Å². The van der Waals surface area contributed by atoms with Gasteiger partial charge >= 0.3 is 5.97 Å². The highest BCUT2D eigenvalue weighted by atomic mass is 35.5. The number of ketones is 1. The zero-order valence-electron chi connectivity index (χ0n) is 14.1. The lowest BCUT2D eigenvalue weighted by molar-refractivity contribution is 0.0289. The lowest BCUT2D eigenvalue weighted by Gasteiger charge is -2.12. The Hall–Kier alpha value is -2.92. The molecule has 132 valence electrons. The second-order valence-corrected chi connectivity index (χ2v) is 6.33. The fourth-order valence-electron chi connectivity index (χ4n) is 2.45. The first-order chi connectivity index (χ1) is 12.3. The molecule has 0 saturated heterocycles. The standard InChI is InChI=1S/C20H15ClO5/c1-11-3-5-13(6-4-11)19(23)12(2)25-20(24)18-10-16(22)15-9-14(21)7-8-17(15)26-18/h3-10,12H,1-2H3/t12-/m1/s1. The molecular weight excluding hydrogens is 356 g/mol. The number of rotatable bonds is 4. The molecule has 3 aromatic rings. The summed E-state index contributed by atoms with van der Waals surface area (Å²) in [5.74, 6) is -1.49. The smallest absolute Gasteiger partial charge is 0.375 e. The third-order valence-corrected chi connectivity index (χ3v) is 4.11. The fourth-order valence-corrected chi connectivity index (χ4v) is 2.63. The Bertz CT molecular complexity index is 1050. The fraction of sp³-hybridized carbons (Fsp3) is 0.150. The minimum Gasteiger partial charge on any atom is -0.449 e. The summed E-state index contributed by atoms with van der Waals surface area (Å²) in [6.07, 6.45) is -1.02. The first-order valence-electron chi connectivity index (χ1n) is 7.90. The van der Waals surface area contributed by atoms with Crippen molar-refractivity contribution >= 4 is 34.3 Å². The van der Waals surface area contributed by atoms with Crippen molar-refractivity contribution in [1.82, 2.24) is 0 Å². The van der Waals surface area contributed by atoms with E-state index in [9.17, 15) is 14.4 Å². The quantitative estimate of drug-likeness (QED) is 0.508. The number of esters is 1. The Morgan fingerprint density at radius 2 is 1.77 bits per heavy atom. The van der Waals surface area contributed by atoms with Crippen LogP contribution in [0.4, 0.5) is 0 Å². The maximum absolute atomic E-state index is 12.4. The summed E-state index contributed by atoms with van der Waals surface area (Å²) in [6, 6.07) is 12.5. The Labute approximate surface area is 154 Å². The topological polar surface area (TPSA) is 73.6 Å². The Morgan fingerprint density at radius 3 is 2.46 bits per heavy atom. The first kappa shape index (κ1) is 17.9. The molecule has 3 rings (SSSR count). The van der Waals surface area contributed by atoms with Crippen molar-refractivity contribution in [3.63, 3.8) is 0 Å². The SMILES string of the molecule is Cc1ccc(C(=O)[C@@H](C)OC(=O)c2cc(=O)c3cc(Cl)ccc3o2)cc1. The van der Waals surface area contributed by atoms with Gasteiger partial charge in [-0.25, -0.2) is 4.79 Å². The molecule has 0 saturated carbocycles. The van der Waals surface area contributed by atoms with Crippen molar-refractivity contribution in [1.29, 1.82) is 0 Å². The number of hydrogen-bond acceptors (Lipinski definition) is 5. The van der Waals surface area contributed by atoms with Crippen LogP contribution in [0.2, 0.25) is 5.02 Å². The van der Waals surface area contributed by atoms with E-state index in [0.29, 0.717) is 10.6 Å². The molecule has 6 heteroatoms. The van der Waals surface area contributed by atoms with Crippen molar-refractivity contribution in [3.8, 4) is 0 Å². The van der Waals surface area contributed by atoms with E-state index in [0.717, 1.165) is 11.6 Å². The second kappa shape index (κ2) is 7.14. The minimum atomic E-state index is -1.02. The van der Waals surface area contributed by atoms with Gasteiger partial charge in [0.25, 0.3) is 0 Å². The highest BCUT2D eigenvalue weighted by molar-refractivity contribution is 6.31. The third kappa shape index (κ3) is 3.68. The molecule has 0 radical (unpaired) electrons. The zero-order chi connectivity index (χ0) is 18.8. The zero-order valence-corrected chi connectivity index (χ0v) is 14.9. The summed E-state index contributed by atoms with van der Waals surface area (Å²) in [7, 11) is 0. The molecular formula is C20H15ClO5. The molecule has 26 heavy (non-hydrogen) atoms. The molecule has 0 amide bonds. The Kier molecular flexibility index (Phi) is 4.91. The van der Waals surface area contributed by atoms with Gasteiger partial charge in [-0.15, -0.1) is 0 Å². The summed E-state index contributed by atoms with van der Waals surface area (Å²) in [5.41, 5.74) is 1.25. The summed E-state index contributed by atoms with van der Waals surface area (Å²) in [5, 5.41) is 0.648. The van der Waals surface area contributed by atoms with Crippen LogP contribution >= 0.6 is 11.6 Å². The highest BCUT2D eigenvalue weighted by Crippen LogP contribution is 2.18.